The maximum atomic E-state index is 12.0. The molecule has 1 N–H and O–H groups in total. The lowest BCUT2D eigenvalue weighted by Crippen LogP contribution is -2.53. The van der Waals surface area contributed by atoms with Gasteiger partial charge < -0.3 is 5.32 Å². The molecule has 0 radical (unpaired) electrons. The Bertz CT molecular complexity index is 435. The van der Waals surface area contributed by atoms with Gasteiger partial charge in [-0.1, -0.05) is 18.2 Å². The molecule has 0 spiro atoms. The van der Waals surface area contributed by atoms with Gasteiger partial charge >= 0.3 is 6.03 Å². The number of amides is 2. The summed E-state index contributed by atoms with van der Waals surface area (Å²) >= 11 is 0. The molecular weight excluding hydrogens is 200 g/mol. The van der Waals surface area contributed by atoms with Crippen molar-refractivity contribution in [3.8, 4) is 0 Å². The number of allylic oxidation sites excluding steroid dienone is 1. The highest BCUT2D eigenvalue weighted by molar-refractivity contribution is 5.96. The molecule has 16 heavy (non-hydrogen) atoms. The van der Waals surface area contributed by atoms with Crippen molar-refractivity contribution < 1.29 is 4.79 Å². The molecule has 1 aliphatic heterocycles. The van der Waals surface area contributed by atoms with Crippen molar-refractivity contribution >= 4 is 11.7 Å². The van der Waals surface area contributed by atoms with Crippen LogP contribution in [0.5, 0.6) is 0 Å². The Morgan fingerprint density at radius 3 is 2.38 bits per heavy atom. The highest BCUT2D eigenvalue weighted by Crippen LogP contribution is 2.24. The van der Waals surface area contributed by atoms with Crippen LogP contribution in [0.2, 0.25) is 0 Å². The summed E-state index contributed by atoms with van der Waals surface area (Å²) in [7, 11) is 0. The Kier molecular flexibility index (Phi) is 2.46. The molecule has 0 unspecified atom stereocenters. The van der Waals surface area contributed by atoms with Crippen LogP contribution in [-0.4, -0.2) is 11.6 Å². The maximum absolute atomic E-state index is 12.0. The zero-order chi connectivity index (χ0) is 11.8. The quantitative estimate of drug-likeness (QED) is 0.769. The number of benzene rings is 1. The number of hydrogen-bond donors (Lipinski definition) is 1. The summed E-state index contributed by atoms with van der Waals surface area (Å²) < 4.78 is 0. The lowest BCUT2D eigenvalue weighted by atomic mass is 10.0. The van der Waals surface area contributed by atoms with Crippen LogP contribution in [0.3, 0.4) is 0 Å². The van der Waals surface area contributed by atoms with Gasteiger partial charge in [-0.2, -0.15) is 0 Å². The lowest BCUT2D eigenvalue weighted by Gasteiger charge is -2.35. The van der Waals surface area contributed by atoms with Gasteiger partial charge in [0.05, 0.1) is 11.2 Å². The summed E-state index contributed by atoms with van der Waals surface area (Å²) in [5.74, 6) is 0. The molecule has 1 aliphatic rings. The normalized spacial score (nSPS) is 19.1. The van der Waals surface area contributed by atoms with Crippen molar-refractivity contribution in [2.24, 2.45) is 0 Å². The molecule has 2 amide bonds. The third-order valence-corrected chi connectivity index (χ3v) is 2.57. The fourth-order valence-corrected chi connectivity index (χ4v) is 2.01. The molecule has 1 aromatic carbocycles. The molecule has 3 heteroatoms. The van der Waals surface area contributed by atoms with E-state index >= 15 is 0 Å². The second kappa shape index (κ2) is 3.67. The SMILES string of the molecule is CC1=CC(C)(C)NC(=O)N1c1ccccc1. The topological polar surface area (TPSA) is 32.3 Å². The number of carbonyl (C=O) groups excluding carboxylic acids is 1. The molecule has 0 aromatic heterocycles. The number of urea groups is 1. The van der Waals surface area contributed by atoms with E-state index in [4.69, 9.17) is 0 Å². The number of anilines is 1. The van der Waals surface area contributed by atoms with E-state index in [0.717, 1.165) is 11.4 Å². The second-order valence-electron chi connectivity index (χ2n) is 4.61. The zero-order valence-electron chi connectivity index (χ0n) is 9.82. The first-order valence-corrected chi connectivity index (χ1v) is 5.36. The maximum Gasteiger partial charge on any atom is 0.326 e. The molecule has 0 atom stereocenters. The van der Waals surface area contributed by atoms with Gasteiger partial charge in [0.15, 0.2) is 0 Å². The molecule has 0 saturated carbocycles. The van der Waals surface area contributed by atoms with Gasteiger partial charge in [0.2, 0.25) is 0 Å². The molecule has 2 rings (SSSR count). The Balaban J connectivity index is 2.40. The van der Waals surface area contributed by atoms with Crippen molar-refractivity contribution in [3.05, 3.63) is 42.1 Å². The Labute approximate surface area is 95.8 Å². The number of carbonyl (C=O) groups is 1. The van der Waals surface area contributed by atoms with Gasteiger partial charge in [0.1, 0.15) is 0 Å². The van der Waals surface area contributed by atoms with E-state index in [-0.39, 0.29) is 11.6 Å². The second-order valence-corrected chi connectivity index (χ2v) is 4.61. The van der Waals surface area contributed by atoms with E-state index in [1.807, 2.05) is 51.1 Å². The van der Waals surface area contributed by atoms with Crippen molar-refractivity contribution in [1.29, 1.82) is 0 Å². The summed E-state index contributed by atoms with van der Waals surface area (Å²) in [5, 5.41) is 2.95. The Hall–Kier alpha value is -1.77. The van der Waals surface area contributed by atoms with Crippen LogP contribution >= 0.6 is 0 Å². The van der Waals surface area contributed by atoms with E-state index in [9.17, 15) is 4.79 Å². The van der Waals surface area contributed by atoms with E-state index in [0.29, 0.717) is 0 Å². The highest BCUT2D eigenvalue weighted by atomic mass is 16.2. The fraction of sp³-hybridized carbons (Fsp3) is 0.308. The van der Waals surface area contributed by atoms with Crippen LogP contribution in [0.4, 0.5) is 10.5 Å². The molecule has 0 fully saturated rings. The summed E-state index contributed by atoms with van der Waals surface area (Å²) in [4.78, 5) is 13.7. The van der Waals surface area contributed by atoms with Gasteiger partial charge in [0, 0.05) is 5.70 Å². The Morgan fingerprint density at radius 2 is 1.81 bits per heavy atom. The number of para-hydroxylation sites is 1. The van der Waals surface area contributed by atoms with Crippen LogP contribution in [0.25, 0.3) is 0 Å². The van der Waals surface area contributed by atoms with Gasteiger partial charge in [-0.3, -0.25) is 4.90 Å². The van der Waals surface area contributed by atoms with Crippen molar-refractivity contribution in [3.63, 3.8) is 0 Å². The fourth-order valence-electron chi connectivity index (χ4n) is 2.01. The zero-order valence-corrected chi connectivity index (χ0v) is 9.82. The van der Waals surface area contributed by atoms with Crippen LogP contribution in [0.1, 0.15) is 20.8 Å². The summed E-state index contributed by atoms with van der Waals surface area (Å²) in [6.45, 7) is 5.92. The van der Waals surface area contributed by atoms with E-state index in [2.05, 4.69) is 11.4 Å². The minimum atomic E-state index is -0.271. The standard InChI is InChI=1S/C13H16N2O/c1-10-9-13(2,3)14-12(16)15(10)11-7-5-4-6-8-11/h4-9H,1-3H3,(H,14,16). The minimum Gasteiger partial charge on any atom is -0.329 e. The van der Waals surface area contributed by atoms with Gasteiger partial charge in [0.25, 0.3) is 0 Å². The predicted octanol–water partition coefficient (Wildman–Crippen LogP) is 2.90. The third-order valence-electron chi connectivity index (χ3n) is 2.57. The van der Waals surface area contributed by atoms with Crippen LogP contribution in [-0.2, 0) is 0 Å². The van der Waals surface area contributed by atoms with E-state index in [1.165, 1.54) is 0 Å². The largest absolute Gasteiger partial charge is 0.329 e. The van der Waals surface area contributed by atoms with Crippen LogP contribution < -0.4 is 10.2 Å². The minimum absolute atomic E-state index is 0.0730. The summed E-state index contributed by atoms with van der Waals surface area (Å²) in [6, 6.07) is 9.57. The number of hydrogen-bond acceptors (Lipinski definition) is 1. The van der Waals surface area contributed by atoms with Crippen molar-refractivity contribution in [1.82, 2.24) is 5.32 Å². The van der Waals surface area contributed by atoms with Crippen LogP contribution in [0, 0.1) is 0 Å². The van der Waals surface area contributed by atoms with E-state index in [1.54, 1.807) is 4.90 Å². The van der Waals surface area contributed by atoms with Crippen molar-refractivity contribution in [2.45, 2.75) is 26.3 Å². The highest BCUT2D eigenvalue weighted by Gasteiger charge is 2.29. The van der Waals surface area contributed by atoms with Gasteiger partial charge in [-0.15, -0.1) is 0 Å². The summed E-state index contributed by atoms with van der Waals surface area (Å²) in [6.07, 6.45) is 2.06. The first kappa shape index (κ1) is 10.7. The van der Waals surface area contributed by atoms with Crippen LogP contribution in [0.15, 0.2) is 42.1 Å². The van der Waals surface area contributed by atoms with Gasteiger partial charge in [-0.25, -0.2) is 4.79 Å². The number of nitrogens with one attached hydrogen (secondary N) is 1. The third kappa shape index (κ3) is 1.94. The molecule has 0 aliphatic carbocycles. The molecular formula is C13H16N2O. The molecule has 0 saturated heterocycles. The summed E-state index contributed by atoms with van der Waals surface area (Å²) in [5.41, 5.74) is 1.58. The first-order chi connectivity index (χ1) is 7.49. The lowest BCUT2D eigenvalue weighted by molar-refractivity contribution is 0.239. The van der Waals surface area contributed by atoms with Crippen molar-refractivity contribution in [2.75, 3.05) is 4.90 Å². The van der Waals surface area contributed by atoms with E-state index < -0.39 is 0 Å². The smallest absolute Gasteiger partial charge is 0.326 e. The molecule has 1 heterocycles. The first-order valence-electron chi connectivity index (χ1n) is 5.36. The number of nitrogens with zero attached hydrogens (tertiary/aromatic N) is 1. The molecule has 3 nitrogen and oxygen atoms in total. The number of rotatable bonds is 1. The molecule has 1 aromatic rings. The predicted molar refractivity (Wildman–Crippen MR) is 65.3 cm³/mol. The average Bonchev–Trinajstić information content (AvgIpc) is 2.16. The Morgan fingerprint density at radius 1 is 1.19 bits per heavy atom. The van der Waals surface area contributed by atoms with Gasteiger partial charge in [-0.05, 0) is 39.0 Å². The molecule has 84 valence electrons. The monoisotopic (exact) mass is 216 g/mol. The average molecular weight is 216 g/mol. The molecule has 0 bridgehead atoms.